The van der Waals surface area contributed by atoms with Crippen LogP contribution in [0.4, 0.5) is 0 Å². The van der Waals surface area contributed by atoms with E-state index in [-0.39, 0.29) is 0 Å². The van der Waals surface area contributed by atoms with E-state index >= 15 is 0 Å². The predicted octanol–water partition coefficient (Wildman–Crippen LogP) is 3.06. The number of ether oxygens (including phenoxy) is 1. The number of likely N-dealkylation sites (N-methyl/N-ethyl adjacent to an activating group) is 1. The van der Waals surface area contributed by atoms with Crippen molar-refractivity contribution >= 4 is 0 Å². The van der Waals surface area contributed by atoms with E-state index in [0.29, 0.717) is 12.1 Å². The second kappa shape index (κ2) is 7.92. The van der Waals surface area contributed by atoms with Crippen molar-refractivity contribution in [2.24, 2.45) is 0 Å². The molecule has 1 aromatic rings. The molecule has 1 N–H and O–H groups in total. The lowest BCUT2D eigenvalue weighted by Gasteiger charge is -2.35. The summed E-state index contributed by atoms with van der Waals surface area (Å²) in [6.07, 6.45) is 1.51. The molecule has 118 valence electrons. The molecule has 0 amide bonds. The minimum absolute atomic E-state index is 0.404. The Bertz CT molecular complexity index is 447. The van der Waals surface area contributed by atoms with Crippen molar-refractivity contribution < 1.29 is 4.74 Å². The Morgan fingerprint density at radius 3 is 2.76 bits per heavy atom. The van der Waals surface area contributed by atoms with Crippen molar-refractivity contribution in [3.8, 4) is 0 Å². The van der Waals surface area contributed by atoms with Crippen LogP contribution in [0.5, 0.6) is 0 Å². The van der Waals surface area contributed by atoms with Crippen molar-refractivity contribution in [3.05, 3.63) is 34.9 Å². The topological polar surface area (TPSA) is 24.5 Å². The monoisotopic (exact) mass is 290 g/mol. The average molecular weight is 290 g/mol. The molecule has 0 spiro atoms. The normalized spacial score (nSPS) is 21.4. The summed E-state index contributed by atoms with van der Waals surface area (Å²) < 4.78 is 5.78. The molecule has 0 aromatic heterocycles. The van der Waals surface area contributed by atoms with E-state index in [4.69, 9.17) is 4.74 Å². The molecule has 0 aliphatic carbocycles. The Balaban J connectivity index is 2.05. The number of nitrogens with one attached hydrogen (secondary N) is 1. The van der Waals surface area contributed by atoms with E-state index in [9.17, 15) is 0 Å². The summed E-state index contributed by atoms with van der Waals surface area (Å²) in [5, 5.41) is 3.64. The summed E-state index contributed by atoms with van der Waals surface area (Å²) in [7, 11) is 0. The highest BCUT2D eigenvalue weighted by molar-refractivity contribution is 5.32. The molecule has 2 atom stereocenters. The Kier molecular flexibility index (Phi) is 6.22. The van der Waals surface area contributed by atoms with Crippen LogP contribution in [0, 0.1) is 13.8 Å². The lowest BCUT2D eigenvalue weighted by molar-refractivity contribution is -0.0322. The molecule has 0 bridgehead atoms. The van der Waals surface area contributed by atoms with Gasteiger partial charge in [0.2, 0.25) is 0 Å². The predicted molar refractivity (Wildman–Crippen MR) is 88.8 cm³/mol. The van der Waals surface area contributed by atoms with Crippen LogP contribution in [0.15, 0.2) is 18.2 Å². The number of hydrogen-bond acceptors (Lipinski definition) is 3. The van der Waals surface area contributed by atoms with Gasteiger partial charge in [0, 0.05) is 25.7 Å². The van der Waals surface area contributed by atoms with Crippen molar-refractivity contribution in [1.29, 1.82) is 0 Å². The highest BCUT2D eigenvalue weighted by Crippen LogP contribution is 2.20. The average Bonchev–Trinajstić information content (AvgIpc) is 2.50. The van der Waals surface area contributed by atoms with Crippen LogP contribution in [0.2, 0.25) is 0 Å². The molecule has 3 nitrogen and oxygen atoms in total. The van der Waals surface area contributed by atoms with Crippen molar-refractivity contribution in [2.75, 3.05) is 32.8 Å². The smallest absolute Gasteiger partial charge is 0.0700 e. The van der Waals surface area contributed by atoms with Gasteiger partial charge in [-0.1, -0.05) is 32.0 Å². The molecule has 3 heteroatoms. The molecule has 1 saturated heterocycles. The minimum Gasteiger partial charge on any atom is -0.376 e. The molecule has 2 unspecified atom stereocenters. The highest BCUT2D eigenvalue weighted by Gasteiger charge is 2.22. The second-order valence-corrected chi connectivity index (χ2v) is 6.11. The Hall–Kier alpha value is -0.900. The van der Waals surface area contributed by atoms with Gasteiger partial charge in [-0.15, -0.1) is 0 Å². The number of aryl methyl sites for hydroxylation is 2. The molecular formula is C18H30N2O. The first-order valence-electron chi connectivity index (χ1n) is 8.28. The minimum atomic E-state index is 0.404. The quantitative estimate of drug-likeness (QED) is 0.871. The number of benzene rings is 1. The fourth-order valence-electron chi connectivity index (χ4n) is 2.97. The third-order valence-electron chi connectivity index (χ3n) is 4.50. The fraction of sp³-hybridized carbons (Fsp3) is 0.667. The largest absolute Gasteiger partial charge is 0.376 e. The van der Waals surface area contributed by atoms with Crippen LogP contribution >= 0.6 is 0 Å². The number of nitrogens with zero attached hydrogens (tertiary/aromatic N) is 1. The lowest BCUT2D eigenvalue weighted by atomic mass is 10.00. The Morgan fingerprint density at radius 1 is 1.29 bits per heavy atom. The van der Waals surface area contributed by atoms with Crippen LogP contribution < -0.4 is 5.32 Å². The van der Waals surface area contributed by atoms with E-state index in [1.165, 1.54) is 16.7 Å². The first kappa shape index (κ1) is 16.5. The van der Waals surface area contributed by atoms with Gasteiger partial charge in [0.15, 0.2) is 0 Å². The first-order valence-corrected chi connectivity index (χ1v) is 8.28. The van der Waals surface area contributed by atoms with Gasteiger partial charge >= 0.3 is 0 Å². The van der Waals surface area contributed by atoms with Crippen molar-refractivity contribution in [3.63, 3.8) is 0 Å². The van der Waals surface area contributed by atoms with E-state index in [1.807, 2.05) is 0 Å². The summed E-state index contributed by atoms with van der Waals surface area (Å²) in [4.78, 5) is 2.54. The van der Waals surface area contributed by atoms with Crippen LogP contribution in [0.1, 0.15) is 43.0 Å². The van der Waals surface area contributed by atoms with Gasteiger partial charge in [-0.25, -0.2) is 0 Å². The molecule has 1 aromatic carbocycles. The van der Waals surface area contributed by atoms with Crippen molar-refractivity contribution in [1.82, 2.24) is 10.2 Å². The Morgan fingerprint density at radius 2 is 2.10 bits per heavy atom. The molecule has 1 fully saturated rings. The molecule has 2 rings (SSSR count). The lowest BCUT2D eigenvalue weighted by Crippen LogP contribution is -2.45. The third kappa shape index (κ3) is 4.53. The van der Waals surface area contributed by atoms with Crippen LogP contribution in [-0.4, -0.2) is 43.8 Å². The van der Waals surface area contributed by atoms with Gasteiger partial charge in [0.05, 0.1) is 12.7 Å². The second-order valence-electron chi connectivity index (χ2n) is 6.11. The molecule has 21 heavy (non-hydrogen) atoms. The van der Waals surface area contributed by atoms with E-state index < -0.39 is 0 Å². The van der Waals surface area contributed by atoms with E-state index in [1.54, 1.807) is 0 Å². The highest BCUT2D eigenvalue weighted by atomic mass is 16.5. The Labute approximate surface area is 129 Å². The van der Waals surface area contributed by atoms with Gasteiger partial charge in [-0.05, 0) is 43.5 Å². The number of rotatable bonds is 6. The molecule has 1 heterocycles. The van der Waals surface area contributed by atoms with Gasteiger partial charge in [-0.3, -0.25) is 4.90 Å². The van der Waals surface area contributed by atoms with E-state index in [2.05, 4.69) is 56.1 Å². The number of morpholine rings is 1. The van der Waals surface area contributed by atoms with Gasteiger partial charge < -0.3 is 10.1 Å². The molecule has 1 aliphatic rings. The number of hydrogen-bond donors (Lipinski definition) is 1. The van der Waals surface area contributed by atoms with Crippen molar-refractivity contribution in [2.45, 2.75) is 46.3 Å². The first-order chi connectivity index (χ1) is 10.1. The molecule has 0 saturated carbocycles. The zero-order valence-corrected chi connectivity index (χ0v) is 14.0. The summed E-state index contributed by atoms with van der Waals surface area (Å²) >= 11 is 0. The molecule has 0 radical (unpaired) electrons. The standard InChI is InChI=1S/C18H30N2O/c1-5-17-12-20(9-10-21-17)13-18(19-6-2)16-8-7-14(3)15(4)11-16/h7-8,11,17-19H,5-6,9-10,12-13H2,1-4H3. The zero-order valence-electron chi connectivity index (χ0n) is 14.0. The third-order valence-corrected chi connectivity index (χ3v) is 4.50. The fourth-order valence-corrected chi connectivity index (χ4v) is 2.97. The van der Waals surface area contributed by atoms with E-state index in [0.717, 1.165) is 39.2 Å². The van der Waals surface area contributed by atoms with Crippen LogP contribution in [0.3, 0.4) is 0 Å². The van der Waals surface area contributed by atoms with Gasteiger partial charge in [-0.2, -0.15) is 0 Å². The molecule has 1 aliphatic heterocycles. The van der Waals surface area contributed by atoms with Gasteiger partial charge in [0.25, 0.3) is 0 Å². The maximum Gasteiger partial charge on any atom is 0.0700 e. The summed E-state index contributed by atoms with van der Waals surface area (Å²) in [6.45, 7) is 13.8. The van der Waals surface area contributed by atoms with Crippen LogP contribution in [-0.2, 0) is 4.74 Å². The SMILES string of the molecule is CCNC(CN1CCOC(CC)C1)c1ccc(C)c(C)c1. The van der Waals surface area contributed by atoms with Crippen LogP contribution in [0.25, 0.3) is 0 Å². The maximum atomic E-state index is 5.78. The molecular weight excluding hydrogens is 260 g/mol. The zero-order chi connectivity index (χ0) is 15.2. The maximum absolute atomic E-state index is 5.78. The summed E-state index contributed by atoms with van der Waals surface area (Å²) in [5.41, 5.74) is 4.15. The summed E-state index contributed by atoms with van der Waals surface area (Å²) in [5.74, 6) is 0. The summed E-state index contributed by atoms with van der Waals surface area (Å²) in [6, 6.07) is 7.25. The van der Waals surface area contributed by atoms with Gasteiger partial charge in [0.1, 0.15) is 0 Å².